The molecule has 0 amide bonds. The van der Waals surface area contributed by atoms with Gasteiger partial charge in [0.2, 0.25) is 0 Å². The van der Waals surface area contributed by atoms with Crippen LogP contribution in [0.2, 0.25) is 0 Å². The second-order valence-corrected chi connectivity index (χ2v) is 4.37. The predicted octanol–water partition coefficient (Wildman–Crippen LogP) is 3.76. The third-order valence-electron chi connectivity index (χ3n) is 2.98. The fourth-order valence-corrected chi connectivity index (χ4v) is 1.84. The summed E-state index contributed by atoms with van der Waals surface area (Å²) in [6, 6.07) is 10.8. The molecule has 0 saturated carbocycles. The van der Waals surface area contributed by atoms with Crippen LogP contribution in [0, 0.1) is 19.7 Å². The Labute approximate surface area is 106 Å². The molecule has 0 unspecified atom stereocenters. The normalized spacial score (nSPS) is 10.4. The third-order valence-corrected chi connectivity index (χ3v) is 2.98. The summed E-state index contributed by atoms with van der Waals surface area (Å²) in [5.41, 5.74) is 2.64. The molecule has 0 bridgehead atoms. The van der Waals surface area contributed by atoms with E-state index < -0.39 is 0 Å². The molecule has 3 heteroatoms. The Kier molecular flexibility index (Phi) is 3.51. The molecule has 0 saturated heterocycles. The average Bonchev–Trinajstić information content (AvgIpc) is 2.36. The van der Waals surface area contributed by atoms with Crippen LogP contribution in [0.3, 0.4) is 0 Å². The summed E-state index contributed by atoms with van der Waals surface area (Å²) in [7, 11) is 0. The van der Waals surface area contributed by atoms with Gasteiger partial charge in [-0.1, -0.05) is 30.3 Å². The molecule has 0 atom stereocenters. The number of nitrogens with one attached hydrogen (secondary N) is 1. The second kappa shape index (κ2) is 5.08. The minimum absolute atomic E-state index is 0.246. The number of phenolic OH excluding ortho intramolecular Hbond substituents is 1. The number of halogens is 1. The number of aryl methyl sites for hydroxylation is 2. The Hall–Kier alpha value is -2.03. The molecule has 0 aliphatic carbocycles. The molecule has 2 nitrogen and oxygen atoms in total. The highest BCUT2D eigenvalue weighted by Crippen LogP contribution is 2.23. The summed E-state index contributed by atoms with van der Waals surface area (Å²) in [5.74, 6) is 0.0164. The van der Waals surface area contributed by atoms with Gasteiger partial charge >= 0.3 is 0 Å². The second-order valence-electron chi connectivity index (χ2n) is 4.37. The Morgan fingerprint density at radius 3 is 2.50 bits per heavy atom. The van der Waals surface area contributed by atoms with Gasteiger partial charge in [-0.05, 0) is 31.0 Å². The van der Waals surface area contributed by atoms with E-state index in [0.29, 0.717) is 17.8 Å². The van der Waals surface area contributed by atoms with Crippen LogP contribution >= 0.6 is 0 Å². The molecule has 0 spiro atoms. The molecule has 0 heterocycles. The van der Waals surface area contributed by atoms with Gasteiger partial charge in [-0.3, -0.25) is 0 Å². The molecule has 0 aliphatic rings. The molecule has 0 fully saturated rings. The van der Waals surface area contributed by atoms with Crippen molar-refractivity contribution < 1.29 is 9.50 Å². The maximum atomic E-state index is 13.8. The van der Waals surface area contributed by atoms with Crippen molar-refractivity contribution in [2.24, 2.45) is 0 Å². The highest BCUT2D eigenvalue weighted by atomic mass is 19.1. The fraction of sp³-hybridized carbons (Fsp3) is 0.200. The van der Waals surface area contributed by atoms with Crippen molar-refractivity contribution in [1.82, 2.24) is 0 Å². The third kappa shape index (κ3) is 2.45. The van der Waals surface area contributed by atoms with Gasteiger partial charge < -0.3 is 10.4 Å². The van der Waals surface area contributed by atoms with Crippen molar-refractivity contribution in [1.29, 1.82) is 0 Å². The average molecular weight is 245 g/mol. The van der Waals surface area contributed by atoms with Crippen LogP contribution in [-0.4, -0.2) is 5.11 Å². The van der Waals surface area contributed by atoms with E-state index in [1.54, 1.807) is 25.1 Å². The lowest BCUT2D eigenvalue weighted by molar-refractivity contribution is 0.465. The lowest BCUT2D eigenvalue weighted by atomic mass is 10.1. The summed E-state index contributed by atoms with van der Waals surface area (Å²) < 4.78 is 13.8. The van der Waals surface area contributed by atoms with Crippen molar-refractivity contribution in [3.63, 3.8) is 0 Å². The number of para-hydroxylation sites is 1. The van der Waals surface area contributed by atoms with E-state index in [1.807, 2.05) is 25.1 Å². The van der Waals surface area contributed by atoms with Crippen LogP contribution in [0.15, 0.2) is 36.4 Å². The SMILES string of the molecule is Cc1cccc(CNc2cccc(C)c2F)c1O. The molecule has 2 N–H and O–H groups in total. The van der Waals surface area contributed by atoms with Crippen molar-refractivity contribution >= 4 is 5.69 Å². The van der Waals surface area contributed by atoms with Gasteiger partial charge in [0.05, 0.1) is 5.69 Å². The number of benzene rings is 2. The first-order valence-corrected chi connectivity index (χ1v) is 5.86. The summed E-state index contributed by atoms with van der Waals surface area (Å²) in [6.07, 6.45) is 0. The van der Waals surface area contributed by atoms with Crippen LogP contribution in [0.5, 0.6) is 5.75 Å². The lowest BCUT2D eigenvalue weighted by Crippen LogP contribution is -2.03. The van der Waals surface area contributed by atoms with Crippen LogP contribution in [0.25, 0.3) is 0 Å². The predicted molar refractivity (Wildman–Crippen MR) is 71.3 cm³/mol. The van der Waals surface area contributed by atoms with E-state index in [2.05, 4.69) is 5.32 Å². The zero-order chi connectivity index (χ0) is 13.1. The monoisotopic (exact) mass is 245 g/mol. The highest BCUT2D eigenvalue weighted by molar-refractivity contribution is 5.49. The molecule has 2 rings (SSSR count). The minimum atomic E-state index is -0.246. The molecule has 0 aliphatic heterocycles. The van der Waals surface area contributed by atoms with E-state index in [0.717, 1.165) is 11.1 Å². The van der Waals surface area contributed by atoms with Crippen LogP contribution in [-0.2, 0) is 6.54 Å². The molecule has 18 heavy (non-hydrogen) atoms. The first kappa shape index (κ1) is 12.4. The summed E-state index contributed by atoms with van der Waals surface area (Å²) in [4.78, 5) is 0. The molecule has 2 aromatic rings. The summed E-state index contributed by atoms with van der Waals surface area (Å²) >= 11 is 0. The molecule has 0 radical (unpaired) electrons. The minimum Gasteiger partial charge on any atom is -0.507 e. The first-order chi connectivity index (χ1) is 8.59. The van der Waals surface area contributed by atoms with Gasteiger partial charge in [-0.2, -0.15) is 0 Å². The van der Waals surface area contributed by atoms with E-state index >= 15 is 0 Å². The topological polar surface area (TPSA) is 32.3 Å². The van der Waals surface area contributed by atoms with Crippen LogP contribution in [0.1, 0.15) is 16.7 Å². The lowest BCUT2D eigenvalue weighted by Gasteiger charge is -2.11. The summed E-state index contributed by atoms with van der Waals surface area (Å²) in [5, 5.41) is 12.9. The molecule has 94 valence electrons. The molecule has 0 aromatic heterocycles. The quantitative estimate of drug-likeness (QED) is 0.863. The number of hydrogen-bond donors (Lipinski definition) is 2. The van der Waals surface area contributed by atoms with Crippen molar-refractivity contribution in [3.05, 3.63) is 58.9 Å². The highest BCUT2D eigenvalue weighted by Gasteiger charge is 2.06. The Morgan fingerprint density at radius 2 is 1.72 bits per heavy atom. The Morgan fingerprint density at radius 1 is 1.06 bits per heavy atom. The van der Waals surface area contributed by atoms with Gasteiger partial charge in [0.25, 0.3) is 0 Å². The van der Waals surface area contributed by atoms with E-state index in [4.69, 9.17) is 0 Å². The standard InChI is InChI=1S/C15H16FNO/c1-10-5-4-8-13(14(10)16)17-9-12-7-3-6-11(2)15(12)18/h3-8,17-18H,9H2,1-2H3. The Bertz CT molecular complexity index is 515. The molecular formula is C15H16FNO. The number of anilines is 1. The van der Waals surface area contributed by atoms with Crippen LogP contribution in [0.4, 0.5) is 10.1 Å². The first-order valence-electron chi connectivity index (χ1n) is 5.86. The smallest absolute Gasteiger partial charge is 0.149 e. The van der Waals surface area contributed by atoms with Gasteiger partial charge in [0.1, 0.15) is 11.6 Å². The van der Waals surface area contributed by atoms with Gasteiger partial charge in [-0.15, -0.1) is 0 Å². The largest absolute Gasteiger partial charge is 0.507 e. The number of rotatable bonds is 3. The van der Waals surface area contributed by atoms with Crippen molar-refractivity contribution in [2.45, 2.75) is 20.4 Å². The summed E-state index contributed by atoms with van der Waals surface area (Å²) in [6.45, 7) is 3.96. The Balaban J connectivity index is 2.17. The maximum absolute atomic E-state index is 13.8. The van der Waals surface area contributed by atoms with Gasteiger partial charge in [-0.25, -0.2) is 4.39 Å². The van der Waals surface area contributed by atoms with Crippen LogP contribution < -0.4 is 5.32 Å². The van der Waals surface area contributed by atoms with E-state index in [1.165, 1.54) is 0 Å². The number of hydrogen-bond acceptors (Lipinski definition) is 2. The van der Waals surface area contributed by atoms with E-state index in [-0.39, 0.29) is 11.6 Å². The fourth-order valence-electron chi connectivity index (χ4n) is 1.84. The number of aromatic hydroxyl groups is 1. The van der Waals surface area contributed by atoms with E-state index in [9.17, 15) is 9.50 Å². The maximum Gasteiger partial charge on any atom is 0.149 e. The zero-order valence-electron chi connectivity index (χ0n) is 10.5. The van der Waals surface area contributed by atoms with Crippen molar-refractivity contribution in [3.8, 4) is 5.75 Å². The van der Waals surface area contributed by atoms with Gasteiger partial charge in [0.15, 0.2) is 0 Å². The number of phenols is 1. The zero-order valence-corrected chi connectivity index (χ0v) is 10.5. The molecule has 2 aromatic carbocycles. The van der Waals surface area contributed by atoms with Gasteiger partial charge in [0, 0.05) is 12.1 Å². The molecular weight excluding hydrogens is 229 g/mol. The van der Waals surface area contributed by atoms with Crippen molar-refractivity contribution in [2.75, 3.05) is 5.32 Å².